The molecule has 0 aliphatic carbocycles. The Morgan fingerprint density at radius 2 is 1.81 bits per heavy atom. The molecule has 2 amide bonds. The Bertz CT molecular complexity index is 1220. The molecule has 194 valence electrons. The molecule has 0 saturated heterocycles. The smallest absolute Gasteiger partial charge is 0.281 e. The lowest BCUT2D eigenvalue weighted by Crippen LogP contribution is -2.32. The van der Waals surface area contributed by atoms with Crippen LogP contribution in [-0.4, -0.2) is 30.6 Å². The number of allylic oxidation sites excluding steroid dienone is 2. The number of fused-ring (bicyclic) bond motifs is 1. The van der Waals surface area contributed by atoms with E-state index in [-0.39, 0.29) is 23.1 Å². The molecule has 0 fully saturated rings. The molecule has 4 rings (SSSR count). The second-order valence-electron chi connectivity index (χ2n) is 9.02. The van der Waals surface area contributed by atoms with Crippen molar-refractivity contribution >= 4 is 40.5 Å². The number of hydrogen-bond acceptors (Lipinski definition) is 5. The summed E-state index contributed by atoms with van der Waals surface area (Å²) >= 11 is 6.24. The summed E-state index contributed by atoms with van der Waals surface area (Å²) in [7, 11) is 0. The van der Waals surface area contributed by atoms with E-state index in [2.05, 4.69) is 24.3 Å². The number of rotatable bonds is 11. The van der Waals surface area contributed by atoms with Crippen LogP contribution in [0.4, 0.5) is 11.4 Å². The lowest BCUT2D eigenvalue weighted by Gasteiger charge is -2.17. The van der Waals surface area contributed by atoms with Gasteiger partial charge in [-0.05, 0) is 55.3 Å². The number of ether oxygens (including phenoxy) is 1. The third-order valence-electron chi connectivity index (χ3n) is 6.23. The first-order valence-electron chi connectivity index (χ1n) is 13.0. The highest BCUT2D eigenvalue weighted by Crippen LogP contribution is 2.41. The molecule has 2 aromatic carbocycles. The minimum absolute atomic E-state index is 0.0971. The number of amides is 2. The van der Waals surface area contributed by atoms with Gasteiger partial charge in [0.15, 0.2) is 11.5 Å². The molecule has 0 bridgehead atoms. The Morgan fingerprint density at radius 1 is 1.03 bits per heavy atom. The van der Waals surface area contributed by atoms with Crippen LogP contribution in [-0.2, 0) is 9.59 Å². The number of hydrogen-bond donors (Lipinski definition) is 1. The molecular formula is C29H33ClN4O3. The van der Waals surface area contributed by atoms with Crippen LogP contribution in [0.2, 0.25) is 5.02 Å². The third-order valence-corrected chi connectivity index (χ3v) is 6.46. The molecule has 2 aliphatic heterocycles. The van der Waals surface area contributed by atoms with Crippen molar-refractivity contribution in [1.29, 1.82) is 0 Å². The Morgan fingerprint density at radius 3 is 2.57 bits per heavy atom. The number of para-hydroxylation sites is 1. The van der Waals surface area contributed by atoms with E-state index in [1.54, 1.807) is 30.4 Å². The lowest BCUT2D eigenvalue weighted by molar-refractivity contribution is -0.116. The summed E-state index contributed by atoms with van der Waals surface area (Å²) in [5, 5.41) is 9.24. The maximum atomic E-state index is 13.4. The molecule has 1 N–H and O–H groups in total. The van der Waals surface area contributed by atoms with Crippen LogP contribution in [0.5, 0.6) is 5.75 Å². The van der Waals surface area contributed by atoms with Gasteiger partial charge < -0.3 is 15.0 Å². The fourth-order valence-electron chi connectivity index (χ4n) is 4.21. The second-order valence-corrected chi connectivity index (χ2v) is 9.46. The standard InChI is InChI=1S/C29H33ClN4O3/c1-3-5-7-11-18-31-28(35)27-23(29(36)34(32-27)22-12-9-8-10-13-22)15-17-26-33(19-6-4-2)24-20-21(30)14-16-25(24)37-26/h8-10,12-17,20H,3-7,11,18-19H2,1-2H3,(H,31,35)/b23-15-,26-17-. The molecule has 37 heavy (non-hydrogen) atoms. The fourth-order valence-corrected chi connectivity index (χ4v) is 4.38. The van der Waals surface area contributed by atoms with E-state index in [1.807, 2.05) is 35.2 Å². The van der Waals surface area contributed by atoms with Crippen molar-refractivity contribution in [2.45, 2.75) is 52.4 Å². The number of halogens is 1. The Kier molecular flexibility index (Phi) is 9.01. The van der Waals surface area contributed by atoms with Gasteiger partial charge in [-0.15, -0.1) is 0 Å². The Labute approximate surface area is 223 Å². The minimum Gasteiger partial charge on any atom is -0.439 e. The molecule has 2 aromatic rings. The van der Waals surface area contributed by atoms with Crippen molar-refractivity contribution in [3.05, 3.63) is 77.2 Å². The van der Waals surface area contributed by atoms with Crippen LogP contribution in [0.25, 0.3) is 0 Å². The summed E-state index contributed by atoms with van der Waals surface area (Å²) in [6.45, 7) is 5.55. The van der Waals surface area contributed by atoms with Crippen molar-refractivity contribution in [2.75, 3.05) is 23.0 Å². The summed E-state index contributed by atoms with van der Waals surface area (Å²) in [4.78, 5) is 28.6. The first-order chi connectivity index (χ1) is 18.0. The molecule has 0 aromatic heterocycles. The van der Waals surface area contributed by atoms with Gasteiger partial charge in [0.05, 0.1) is 16.9 Å². The van der Waals surface area contributed by atoms with Gasteiger partial charge in [-0.2, -0.15) is 10.1 Å². The Balaban J connectivity index is 1.62. The van der Waals surface area contributed by atoms with Gasteiger partial charge in [0.25, 0.3) is 11.8 Å². The van der Waals surface area contributed by atoms with E-state index in [0.29, 0.717) is 28.9 Å². The molecule has 8 heteroatoms. The molecule has 2 heterocycles. The molecule has 7 nitrogen and oxygen atoms in total. The number of anilines is 2. The molecule has 0 radical (unpaired) electrons. The largest absolute Gasteiger partial charge is 0.439 e. The monoisotopic (exact) mass is 520 g/mol. The lowest BCUT2D eigenvalue weighted by atomic mass is 10.1. The highest BCUT2D eigenvalue weighted by Gasteiger charge is 2.35. The molecule has 2 aliphatic rings. The maximum Gasteiger partial charge on any atom is 0.281 e. The van der Waals surface area contributed by atoms with Crippen LogP contribution in [0.3, 0.4) is 0 Å². The fraction of sp³-hybridized carbons (Fsp3) is 0.345. The van der Waals surface area contributed by atoms with Gasteiger partial charge in [-0.1, -0.05) is 69.3 Å². The van der Waals surface area contributed by atoms with E-state index in [9.17, 15) is 9.59 Å². The van der Waals surface area contributed by atoms with E-state index in [0.717, 1.165) is 50.8 Å². The van der Waals surface area contributed by atoms with Crippen molar-refractivity contribution in [3.8, 4) is 5.75 Å². The number of carbonyl (C=O) groups excluding carboxylic acids is 2. The average Bonchev–Trinajstić information content (AvgIpc) is 3.42. The maximum absolute atomic E-state index is 13.4. The van der Waals surface area contributed by atoms with Gasteiger partial charge in [-0.25, -0.2) is 0 Å². The quantitative estimate of drug-likeness (QED) is 0.282. The topological polar surface area (TPSA) is 74.2 Å². The Hall–Kier alpha value is -3.58. The number of benzene rings is 2. The number of hydrazone groups is 1. The second kappa shape index (κ2) is 12.6. The first kappa shape index (κ1) is 26.5. The normalized spacial score (nSPS) is 16.8. The molecular weight excluding hydrogens is 488 g/mol. The molecule has 0 saturated carbocycles. The predicted octanol–water partition coefficient (Wildman–Crippen LogP) is 6.21. The van der Waals surface area contributed by atoms with E-state index in [4.69, 9.17) is 16.3 Å². The number of nitrogens with zero attached hydrogens (tertiary/aromatic N) is 3. The van der Waals surface area contributed by atoms with Crippen molar-refractivity contribution < 1.29 is 14.3 Å². The number of unbranched alkanes of at least 4 members (excludes halogenated alkanes) is 4. The van der Waals surface area contributed by atoms with Crippen LogP contribution in [0.15, 0.2) is 77.2 Å². The minimum atomic E-state index is -0.363. The molecule has 0 atom stereocenters. The highest BCUT2D eigenvalue weighted by atomic mass is 35.5. The van der Waals surface area contributed by atoms with Crippen molar-refractivity contribution in [1.82, 2.24) is 5.32 Å². The molecule has 0 unspecified atom stereocenters. The summed E-state index contributed by atoms with van der Waals surface area (Å²) in [5.74, 6) is 0.548. The predicted molar refractivity (Wildman–Crippen MR) is 149 cm³/mol. The van der Waals surface area contributed by atoms with Gasteiger partial charge in [0.2, 0.25) is 5.88 Å². The zero-order valence-electron chi connectivity index (χ0n) is 21.4. The first-order valence-corrected chi connectivity index (χ1v) is 13.3. The summed E-state index contributed by atoms with van der Waals surface area (Å²) < 4.78 is 6.09. The van der Waals surface area contributed by atoms with Gasteiger partial charge in [-0.3, -0.25) is 9.59 Å². The number of carbonyl (C=O) groups is 2. The average molecular weight is 521 g/mol. The van der Waals surface area contributed by atoms with Crippen LogP contribution < -0.4 is 20.0 Å². The SMILES string of the molecule is CCCCCCNC(=O)C1=NN(c2ccccc2)C(=O)/C1=C\C=C1/Oc2ccc(Cl)cc2N1CCCC. The van der Waals surface area contributed by atoms with Gasteiger partial charge >= 0.3 is 0 Å². The van der Waals surface area contributed by atoms with Crippen molar-refractivity contribution in [2.24, 2.45) is 5.10 Å². The van der Waals surface area contributed by atoms with E-state index < -0.39 is 0 Å². The zero-order chi connectivity index (χ0) is 26.2. The van der Waals surface area contributed by atoms with Crippen LogP contribution >= 0.6 is 11.6 Å². The van der Waals surface area contributed by atoms with Crippen LogP contribution in [0.1, 0.15) is 52.4 Å². The summed E-state index contributed by atoms with van der Waals surface area (Å²) in [6, 6.07) is 14.6. The zero-order valence-corrected chi connectivity index (χ0v) is 22.1. The van der Waals surface area contributed by atoms with E-state index >= 15 is 0 Å². The summed E-state index contributed by atoms with van der Waals surface area (Å²) in [6.07, 6.45) is 9.50. The van der Waals surface area contributed by atoms with E-state index in [1.165, 1.54) is 5.01 Å². The third kappa shape index (κ3) is 6.23. The van der Waals surface area contributed by atoms with Gasteiger partial charge in [0, 0.05) is 18.1 Å². The number of nitrogens with one attached hydrogen (secondary N) is 1. The van der Waals surface area contributed by atoms with Gasteiger partial charge in [0.1, 0.15) is 0 Å². The van der Waals surface area contributed by atoms with Crippen molar-refractivity contribution in [3.63, 3.8) is 0 Å². The van der Waals surface area contributed by atoms with Crippen LogP contribution in [0, 0.1) is 0 Å². The highest BCUT2D eigenvalue weighted by molar-refractivity contribution is 6.54. The molecule has 0 spiro atoms. The summed E-state index contributed by atoms with van der Waals surface area (Å²) in [5.41, 5.74) is 1.80.